The van der Waals surface area contributed by atoms with E-state index in [9.17, 15) is 19.6 Å². The molecule has 0 bridgehead atoms. The maximum absolute atomic E-state index is 13.1. The number of thiazole rings is 1. The molecule has 1 fully saturated rings. The van der Waals surface area contributed by atoms with Crippen LogP contribution in [0.2, 0.25) is 5.02 Å². The molecule has 4 heterocycles. The third-order valence-electron chi connectivity index (χ3n) is 11.5. The van der Waals surface area contributed by atoms with E-state index in [4.69, 9.17) is 35.4 Å². The van der Waals surface area contributed by atoms with Gasteiger partial charge < -0.3 is 44.6 Å². The summed E-state index contributed by atoms with van der Waals surface area (Å²) < 4.78 is 22.6. The van der Waals surface area contributed by atoms with Crippen molar-refractivity contribution in [2.24, 2.45) is 5.16 Å². The molecule has 0 spiro atoms. The Bertz CT molecular complexity index is 2690. The number of aromatic nitrogens is 4. The van der Waals surface area contributed by atoms with Crippen molar-refractivity contribution in [2.75, 3.05) is 108 Å². The molecule has 4 N–H and O–H groups in total. The molecule has 6 rings (SSSR count). The zero-order valence-corrected chi connectivity index (χ0v) is 44.2. The number of carbonyl (C=O) groups is 3. The first-order valence-corrected chi connectivity index (χ1v) is 26.0. The van der Waals surface area contributed by atoms with Gasteiger partial charge in [0.2, 0.25) is 5.91 Å². The second-order valence-corrected chi connectivity index (χ2v) is 18.6. The number of halogens is 1. The summed E-state index contributed by atoms with van der Waals surface area (Å²) >= 11 is 7.50. The van der Waals surface area contributed by atoms with Gasteiger partial charge in [0, 0.05) is 38.8 Å². The van der Waals surface area contributed by atoms with E-state index >= 15 is 0 Å². The van der Waals surface area contributed by atoms with Gasteiger partial charge in [0.25, 0.3) is 5.91 Å². The number of piperazine rings is 1. The van der Waals surface area contributed by atoms with E-state index in [0.29, 0.717) is 129 Å². The van der Waals surface area contributed by atoms with Gasteiger partial charge in [-0.15, -0.1) is 0 Å². The molecule has 396 valence electrons. The van der Waals surface area contributed by atoms with Gasteiger partial charge in [-0.1, -0.05) is 40.2 Å². The molecule has 1 aromatic carbocycles. The Morgan fingerprint density at radius 3 is 2.49 bits per heavy atom. The van der Waals surface area contributed by atoms with Gasteiger partial charge in [-0.3, -0.25) is 14.5 Å². The number of nitriles is 1. The van der Waals surface area contributed by atoms with Crippen molar-refractivity contribution in [3.63, 3.8) is 0 Å². The summed E-state index contributed by atoms with van der Waals surface area (Å²) in [6.07, 6.45) is 12.5. The van der Waals surface area contributed by atoms with Crippen LogP contribution >= 0.6 is 22.9 Å². The van der Waals surface area contributed by atoms with E-state index < -0.39 is 5.91 Å². The Kier molecular flexibility index (Phi) is 24.0. The van der Waals surface area contributed by atoms with E-state index in [1.165, 1.54) is 23.6 Å². The molecule has 75 heavy (non-hydrogen) atoms. The van der Waals surface area contributed by atoms with Gasteiger partial charge in [-0.25, -0.2) is 15.0 Å². The summed E-state index contributed by atoms with van der Waals surface area (Å²) in [5, 5.41) is 26.6. The van der Waals surface area contributed by atoms with Gasteiger partial charge in [0.05, 0.1) is 75.9 Å². The Balaban J connectivity index is 0.738. The molecule has 23 heteroatoms. The Hall–Kier alpha value is -6.71. The molecule has 2 atom stereocenters. The summed E-state index contributed by atoms with van der Waals surface area (Å²) in [7, 11) is 0. The zero-order chi connectivity index (χ0) is 53.2. The van der Waals surface area contributed by atoms with Crippen LogP contribution in [0.25, 0.3) is 6.08 Å². The van der Waals surface area contributed by atoms with Gasteiger partial charge in [0.15, 0.2) is 5.13 Å². The Morgan fingerprint density at radius 2 is 1.77 bits per heavy atom. The van der Waals surface area contributed by atoms with Gasteiger partial charge in [-0.2, -0.15) is 0 Å². The molecule has 1 unspecified atom stereocenters. The first-order valence-electron chi connectivity index (χ1n) is 24.8. The van der Waals surface area contributed by atoms with E-state index in [1.54, 1.807) is 37.4 Å². The van der Waals surface area contributed by atoms with Crippen molar-refractivity contribution >= 4 is 94.4 Å². The van der Waals surface area contributed by atoms with Crippen LogP contribution in [0.4, 0.5) is 22.5 Å². The number of carbonyl (C=O) groups excluding carboxylic acids is 3. The van der Waals surface area contributed by atoms with E-state index in [1.807, 2.05) is 63.3 Å². The predicted molar refractivity (Wildman–Crippen MR) is 294 cm³/mol. The van der Waals surface area contributed by atoms with Crippen LogP contribution in [-0.2, 0) is 33.4 Å². The van der Waals surface area contributed by atoms with Crippen LogP contribution in [0.1, 0.15) is 52.9 Å². The molecule has 3 aromatic heterocycles. The van der Waals surface area contributed by atoms with Crippen LogP contribution in [0.5, 0.6) is 0 Å². The van der Waals surface area contributed by atoms with Crippen LogP contribution < -0.4 is 31.8 Å². The van der Waals surface area contributed by atoms with Crippen molar-refractivity contribution in [1.29, 1.82) is 5.26 Å². The number of nitrogens with one attached hydrogen (secondary N) is 4. The summed E-state index contributed by atoms with van der Waals surface area (Å²) in [6.45, 7) is 17.3. The number of hydrogen-bond acceptors (Lipinski definition) is 18. The maximum atomic E-state index is 13.1. The number of nitrogens with zero attached hydrogens (tertiary/aromatic N) is 8. The molecule has 1 aliphatic carbocycles. The van der Waals surface area contributed by atoms with Crippen molar-refractivity contribution < 1.29 is 38.2 Å². The molecule has 1 aliphatic heterocycles. The number of rotatable bonds is 30. The molecule has 2 aliphatic rings. The first kappa shape index (κ1) is 57.6. The average molecular weight is 1060 g/mol. The van der Waals surface area contributed by atoms with Crippen LogP contribution in [0.15, 0.2) is 83.2 Å². The number of ether oxygens (including phenoxy) is 4. The Labute approximate surface area is 447 Å². The number of oxime groups is 1. The number of para-hydroxylation sites is 1. The minimum atomic E-state index is -0.453. The summed E-state index contributed by atoms with van der Waals surface area (Å²) in [4.78, 5) is 66.5. The molecule has 0 saturated carbocycles. The Morgan fingerprint density at radius 1 is 1.01 bits per heavy atom. The SMILES string of the molecule is C=Bc1cccc(/C=C(\C#N)C(=O)N[C@@H](CCC)C2=CCC(OC/C=N/OCCOCCOCCOCCNC(=O)CN3CCN(c4cc(Nc5ncc(C(=O)Nc6c(C)cccc6Cl)s5)nc(C)n4)CC3)C=C2)n1. The van der Waals surface area contributed by atoms with Gasteiger partial charge in [-0.05, 0) is 25.5 Å². The molecule has 3 amide bonds. The van der Waals surface area contributed by atoms with Gasteiger partial charge >= 0.3 is 149 Å². The van der Waals surface area contributed by atoms with E-state index in [-0.39, 0.29) is 49.3 Å². The number of hydrogen-bond donors (Lipinski definition) is 4. The average Bonchev–Trinajstić information content (AvgIpc) is 3.88. The van der Waals surface area contributed by atoms with Crippen LogP contribution in [0, 0.1) is 25.2 Å². The van der Waals surface area contributed by atoms with Gasteiger partial charge in [0.1, 0.15) is 28.9 Å². The standard InChI is InChI=1S/C52H64BClN12O8S/c1-5-8-43(62-50(68)39(33-55)31-40-10-7-12-45(53-4)61-40)38-13-15-41(16-14-38)73-24-18-58-74-30-29-72-28-27-71-26-25-70-23-17-56-48(67)35-65-19-21-66(22-20-65)47-32-46(59-37(3)60-47)63-52-57-34-44(75-52)51(69)64-49-36(2)9-6-11-42(49)54/h6-7,9-15,18,31-32,34,41,43H,4-5,8,16-17,19-30,35H2,1-3H3,(H,56,67)(H,62,68)(H,64,69)(H,57,59,60,63)/b39-31+,58-18+/t41?,43-/m0/s1. The zero-order valence-electron chi connectivity index (χ0n) is 42.6. The molecule has 1 saturated heterocycles. The second kappa shape index (κ2) is 31.2. The number of pyridine rings is 1. The fourth-order valence-corrected chi connectivity index (χ4v) is 8.68. The fourth-order valence-electron chi connectivity index (χ4n) is 7.69. The molecule has 20 nitrogen and oxygen atoms in total. The number of amides is 3. The number of benzene rings is 1. The molecule has 4 aromatic rings. The second-order valence-electron chi connectivity index (χ2n) is 17.1. The topological polar surface area (TPSA) is 240 Å². The summed E-state index contributed by atoms with van der Waals surface area (Å²) in [5.41, 5.74) is 3.54. The monoisotopic (exact) mass is 1060 g/mol. The van der Waals surface area contributed by atoms with Crippen molar-refractivity contribution in [3.8, 4) is 6.07 Å². The van der Waals surface area contributed by atoms with E-state index in [2.05, 4.69) is 62.6 Å². The summed E-state index contributed by atoms with van der Waals surface area (Å²) in [6, 6.07) is 14.4. The first-order chi connectivity index (χ1) is 36.5. The van der Waals surface area contributed by atoms with Crippen molar-refractivity contribution in [2.45, 2.75) is 52.2 Å². The third-order valence-corrected chi connectivity index (χ3v) is 12.7. The normalized spacial score (nSPS) is 15.2. The predicted octanol–water partition coefficient (Wildman–Crippen LogP) is 4.81. The fraction of sp³-hybridized carbons (Fsp3) is 0.423. The summed E-state index contributed by atoms with van der Waals surface area (Å²) in [5.74, 6) is 1.10. The molecule has 0 radical (unpaired) electrons. The van der Waals surface area contributed by atoms with Crippen LogP contribution in [0.3, 0.4) is 0 Å². The molecular formula is C52H64BClN12O8S. The third kappa shape index (κ3) is 19.5. The minimum absolute atomic E-state index is 0.0213. The van der Waals surface area contributed by atoms with Crippen molar-refractivity contribution in [3.05, 3.63) is 105 Å². The number of anilines is 4. The van der Waals surface area contributed by atoms with E-state index in [0.717, 1.165) is 23.4 Å². The quantitative estimate of drug-likeness (QED) is 0.0137. The van der Waals surface area contributed by atoms with Crippen LogP contribution in [-0.4, -0.2) is 166 Å². The van der Waals surface area contributed by atoms with Crippen molar-refractivity contribution in [1.82, 2.24) is 35.5 Å². The molecular weight excluding hydrogens is 999 g/mol. The number of aryl methyl sites for hydroxylation is 2.